The lowest BCUT2D eigenvalue weighted by molar-refractivity contribution is -0.162. The van der Waals surface area contributed by atoms with Crippen LogP contribution in [0.5, 0.6) is 0 Å². The second-order valence-corrected chi connectivity index (χ2v) is 8.78. The number of carbonyl (C=O) groups excluding carboxylic acids is 2. The molecule has 2 atom stereocenters. The number of esters is 2. The first-order chi connectivity index (χ1) is 15.9. The molecular weight excluding hydrogens is 428 g/mol. The first-order valence-electron chi connectivity index (χ1n) is 12.8. The molecule has 0 aromatic rings. The van der Waals surface area contributed by atoms with Crippen LogP contribution in [0.25, 0.3) is 0 Å². The van der Waals surface area contributed by atoms with Crippen molar-refractivity contribution < 1.29 is 39.2 Å². The maximum absolute atomic E-state index is 11.7. The Bertz CT molecular complexity index is 509. The highest BCUT2D eigenvalue weighted by Gasteiger charge is 2.21. The van der Waals surface area contributed by atoms with Gasteiger partial charge in [0.15, 0.2) is 6.10 Å². The number of aliphatic carboxylic acids is 1. The van der Waals surface area contributed by atoms with Gasteiger partial charge in [0.2, 0.25) is 0 Å². The number of rotatable bonds is 23. The minimum atomic E-state index is -1.79. The van der Waals surface area contributed by atoms with E-state index in [9.17, 15) is 24.6 Å². The highest BCUT2D eigenvalue weighted by Crippen LogP contribution is 2.13. The molecule has 8 heteroatoms. The zero-order chi connectivity index (χ0) is 24.7. The third-order valence-corrected chi connectivity index (χ3v) is 5.48. The standard InChI is InChI=1S/C25H46O8/c1-2-3-4-5-6-7-8-9-10-11-12-13-14-15-16-17-24(30)32-19-21(26)20-33-25(31)22(27)18-23(28)29/h21-22,26-27H,2-20H2,1H3,(H,28,29)/t21?,22-/m0/s1. The van der Waals surface area contributed by atoms with Crippen LogP contribution < -0.4 is 0 Å². The lowest BCUT2D eigenvalue weighted by Crippen LogP contribution is -2.31. The number of hydrogen-bond acceptors (Lipinski definition) is 7. The van der Waals surface area contributed by atoms with E-state index in [-0.39, 0.29) is 13.0 Å². The Morgan fingerprint density at radius 1 is 0.667 bits per heavy atom. The fraction of sp³-hybridized carbons (Fsp3) is 0.880. The number of aliphatic hydroxyl groups excluding tert-OH is 2. The Balaban J connectivity index is 3.45. The molecule has 0 fully saturated rings. The molecule has 0 aromatic heterocycles. The van der Waals surface area contributed by atoms with Crippen LogP contribution in [0, 0.1) is 0 Å². The van der Waals surface area contributed by atoms with E-state index in [0.29, 0.717) is 0 Å². The molecule has 194 valence electrons. The average molecular weight is 475 g/mol. The molecule has 3 N–H and O–H groups in total. The second kappa shape index (κ2) is 22.1. The van der Waals surface area contributed by atoms with Crippen molar-refractivity contribution in [1.29, 1.82) is 0 Å². The zero-order valence-electron chi connectivity index (χ0n) is 20.5. The molecule has 1 unspecified atom stereocenters. The normalized spacial score (nSPS) is 12.8. The largest absolute Gasteiger partial charge is 0.481 e. The monoisotopic (exact) mass is 474 g/mol. The summed E-state index contributed by atoms with van der Waals surface area (Å²) in [5.74, 6) is -2.89. The summed E-state index contributed by atoms with van der Waals surface area (Å²) in [5, 5.41) is 27.4. The smallest absolute Gasteiger partial charge is 0.335 e. The molecule has 8 nitrogen and oxygen atoms in total. The summed E-state index contributed by atoms with van der Waals surface area (Å²) >= 11 is 0. The summed E-state index contributed by atoms with van der Waals surface area (Å²) in [4.78, 5) is 33.4. The summed E-state index contributed by atoms with van der Waals surface area (Å²) in [6.45, 7) is 1.44. The van der Waals surface area contributed by atoms with Gasteiger partial charge in [-0.15, -0.1) is 0 Å². The van der Waals surface area contributed by atoms with Crippen LogP contribution in [0.1, 0.15) is 116 Å². The molecule has 0 aliphatic carbocycles. The number of carboxylic acid groups (broad SMARTS) is 1. The molecule has 0 saturated carbocycles. The van der Waals surface area contributed by atoms with Gasteiger partial charge < -0.3 is 24.8 Å². The van der Waals surface area contributed by atoms with E-state index < -0.39 is 43.1 Å². The first kappa shape index (κ1) is 31.3. The van der Waals surface area contributed by atoms with Gasteiger partial charge in [-0.3, -0.25) is 9.59 Å². The molecule has 0 rings (SSSR count). The minimum absolute atomic E-state index is 0.280. The van der Waals surface area contributed by atoms with Crippen LogP contribution in [0.15, 0.2) is 0 Å². The Morgan fingerprint density at radius 3 is 1.55 bits per heavy atom. The van der Waals surface area contributed by atoms with E-state index in [1.54, 1.807) is 0 Å². The van der Waals surface area contributed by atoms with Crippen LogP contribution in [0.4, 0.5) is 0 Å². The van der Waals surface area contributed by atoms with Gasteiger partial charge in [-0.2, -0.15) is 0 Å². The topological polar surface area (TPSA) is 130 Å². The van der Waals surface area contributed by atoms with Crippen molar-refractivity contribution >= 4 is 17.9 Å². The molecule has 0 amide bonds. The van der Waals surface area contributed by atoms with Gasteiger partial charge in [0.25, 0.3) is 0 Å². The van der Waals surface area contributed by atoms with Gasteiger partial charge in [0, 0.05) is 6.42 Å². The Hall–Kier alpha value is -1.67. The summed E-state index contributed by atoms with van der Waals surface area (Å²) in [7, 11) is 0. The summed E-state index contributed by atoms with van der Waals surface area (Å²) in [6, 6.07) is 0. The third-order valence-electron chi connectivity index (χ3n) is 5.48. The molecule has 0 spiro atoms. The van der Waals surface area contributed by atoms with Gasteiger partial charge in [0.1, 0.15) is 19.3 Å². The predicted octanol–water partition coefficient (Wildman–Crippen LogP) is 4.53. The van der Waals surface area contributed by atoms with E-state index in [1.807, 2.05) is 0 Å². The number of ether oxygens (including phenoxy) is 2. The number of carbonyl (C=O) groups is 3. The quantitative estimate of drug-likeness (QED) is 0.145. The summed E-state index contributed by atoms with van der Waals surface area (Å²) < 4.78 is 9.54. The van der Waals surface area contributed by atoms with Crippen molar-refractivity contribution in [3.63, 3.8) is 0 Å². The van der Waals surface area contributed by atoms with E-state index in [1.165, 1.54) is 77.0 Å². The number of hydrogen-bond donors (Lipinski definition) is 3. The van der Waals surface area contributed by atoms with Crippen LogP contribution >= 0.6 is 0 Å². The van der Waals surface area contributed by atoms with E-state index in [4.69, 9.17) is 9.84 Å². The Kier molecular flexibility index (Phi) is 21.0. The van der Waals surface area contributed by atoms with Crippen molar-refractivity contribution in [1.82, 2.24) is 0 Å². The van der Waals surface area contributed by atoms with Gasteiger partial charge in [0.05, 0.1) is 6.42 Å². The van der Waals surface area contributed by atoms with Crippen LogP contribution in [-0.2, 0) is 23.9 Å². The number of aliphatic hydroxyl groups is 2. The number of carboxylic acids is 1. The minimum Gasteiger partial charge on any atom is -0.481 e. The van der Waals surface area contributed by atoms with Crippen LogP contribution in [0.2, 0.25) is 0 Å². The van der Waals surface area contributed by atoms with Crippen molar-refractivity contribution in [2.24, 2.45) is 0 Å². The van der Waals surface area contributed by atoms with E-state index in [2.05, 4.69) is 11.7 Å². The fourth-order valence-electron chi connectivity index (χ4n) is 3.47. The molecule has 0 aromatic carbocycles. The first-order valence-corrected chi connectivity index (χ1v) is 12.8. The van der Waals surface area contributed by atoms with Crippen molar-refractivity contribution in [2.45, 2.75) is 128 Å². The number of unbranched alkanes of at least 4 members (excludes halogenated alkanes) is 14. The van der Waals surface area contributed by atoms with Gasteiger partial charge in [-0.25, -0.2) is 4.79 Å². The fourth-order valence-corrected chi connectivity index (χ4v) is 3.47. The van der Waals surface area contributed by atoms with Crippen molar-refractivity contribution in [3.8, 4) is 0 Å². The maximum Gasteiger partial charge on any atom is 0.335 e. The SMILES string of the molecule is CCCCCCCCCCCCCCCCCC(=O)OCC(O)COC(=O)[C@@H](O)CC(=O)O. The Labute approximate surface area is 199 Å². The molecule has 0 aliphatic rings. The molecule has 33 heavy (non-hydrogen) atoms. The lowest BCUT2D eigenvalue weighted by Gasteiger charge is -2.13. The van der Waals surface area contributed by atoms with Gasteiger partial charge >= 0.3 is 17.9 Å². The highest BCUT2D eigenvalue weighted by atomic mass is 16.6. The van der Waals surface area contributed by atoms with Gasteiger partial charge in [-0.1, -0.05) is 96.8 Å². The van der Waals surface area contributed by atoms with Crippen LogP contribution in [-0.4, -0.2) is 58.6 Å². The second-order valence-electron chi connectivity index (χ2n) is 8.78. The van der Waals surface area contributed by atoms with E-state index in [0.717, 1.165) is 19.3 Å². The van der Waals surface area contributed by atoms with Crippen LogP contribution in [0.3, 0.4) is 0 Å². The van der Waals surface area contributed by atoms with Crippen molar-refractivity contribution in [3.05, 3.63) is 0 Å². The van der Waals surface area contributed by atoms with Crippen molar-refractivity contribution in [2.75, 3.05) is 13.2 Å². The highest BCUT2D eigenvalue weighted by molar-refractivity contribution is 5.80. The molecule has 0 heterocycles. The van der Waals surface area contributed by atoms with E-state index >= 15 is 0 Å². The molecule has 0 radical (unpaired) electrons. The molecule has 0 saturated heterocycles. The average Bonchev–Trinajstić information content (AvgIpc) is 2.78. The van der Waals surface area contributed by atoms with Gasteiger partial charge in [-0.05, 0) is 6.42 Å². The predicted molar refractivity (Wildman–Crippen MR) is 126 cm³/mol. The maximum atomic E-state index is 11.7. The molecule has 0 aliphatic heterocycles. The summed E-state index contributed by atoms with van der Waals surface area (Å²) in [6.07, 6.45) is 15.2. The molecular formula is C25H46O8. The molecule has 0 bridgehead atoms. The lowest BCUT2D eigenvalue weighted by atomic mass is 10.0. The Morgan fingerprint density at radius 2 is 1.09 bits per heavy atom. The summed E-state index contributed by atoms with van der Waals surface area (Å²) in [5.41, 5.74) is 0. The zero-order valence-corrected chi connectivity index (χ0v) is 20.5. The third kappa shape index (κ3) is 21.9.